The molecule has 1 fully saturated rings. The van der Waals surface area contributed by atoms with E-state index in [2.05, 4.69) is 13.8 Å². The van der Waals surface area contributed by atoms with E-state index >= 15 is 0 Å². The Hall–Kier alpha value is -1.31. The second kappa shape index (κ2) is 9.60. The third-order valence-corrected chi connectivity index (χ3v) is 3.41. The third kappa shape index (κ3) is 5.91. The van der Waals surface area contributed by atoms with Crippen molar-refractivity contribution in [3.63, 3.8) is 0 Å². The van der Waals surface area contributed by atoms with Crippen LogP contribution in [0.25, 0.3) is 0 Å². The van der Waals surface area contributed by atoms with Crippen LogP contribution in [-0.2, 0) is 0 Å². The Balaban J connectivity index is 0.000000399. The van der Waals surface area contributed by atoms with Crippen molar-refractivity contribution in [2.45, 2.75) is 52.4 Å². The van der Waals surface area contributed by atoms with E-state index < -0.39 is 0 Å². The van der Waals surface area contributed by atoms with E-state index in [4.69, 9.17) is 0 Å². The molecule has 0 unspecified atom stereocenters. The van der Waals surface area contributed by atoms with Crippen LogP contribution in [0, 0.1) is 0 Å². The minimum absolute atomic E-state index is 0.192. The van der Waals surface area contributed by atoms with E-state index in [0.29, 0.717) is 0 Å². The normalized spacial score (nSPS) is 15.2. The standard InChI is InChI=1S/C13H17NO.C4H10/c15-13(12-8-4-3-5-9-12)14-10-6-1-2-7-11-14;1-3-4-2/h3-5,8-9H,1-2,6-7,10-11H2;3-4H2,1-2H3. The predicted molar refractivity (Wildman–Crippen MR) is 81.4 cm³/mol. The highest BCUT2D eigenvalue weighted by Crippen LogP contribution is 2.12. The van der Waals surface area contributed by atoms with Gasteiger partial charge in [-0.05, 0) is 25.0 Å². The van der Waals surface area contributed by atoms with Gasteiger partial charge in [-0.25, -0.2) is 0 Å². The number of unbranched alkanes of at least 4 members (excludes halogenated alkanes) is 1. The first kappa shape index (κ1) is 15.7. The molecule has 1 aromatic rings. The zero-order valence-corrected chi connectivity index (χ0v) is 12.4. The van der Waals surface area contributed by atoms with E-state index in [1.165, 1.54) is 25.7 Å². The highest BCUT2D eigenvalue weighted by atomic mass is 16.2. The van der Waals surface area contributed by atoms with Crippen molar-refractivity contribution in [3.05, 3.63) is 35.9 Å². The summed E-state index contributed by atoms with van der Waals surface area (Å²) >= 11 is 0. The summed E-state index contributed by atoms with van der Waals surface area (Å²) in [4.78, 5) is 14.1. The van der Waals surface area contributed by atoms with Gasteiger partial charge in [0.2, 0.25) is 0 Å². The van der Waals surface area contributed by atoms with E-state index in [1.54, 1.807) is 0 Å². The number of benzene rings is 1. The zero-order valence-electron chi connectivity index (χ0n) is 12.4. The molecule has 1 saturated heterocycles. The van der Waals surface area contributed by atoms with Crippen molar-refractivity contribution < 1.29 is 4.79 Å². The lowest BCUT2D eigenvalue weighted by molar-refractivity contribution is 0.0761. The van der Waals surface area contributed by atoms with Crippen molar-refractivity contribution in [3.8, 4) is 0 Å². The maximum absolute atomic E-state index is 12.1. The van der Waals surface area contributed by atoms with Crippen molar-refractivity contribution in [1.82, 2.24) is 4.90 Å². The van der Waals surface area contributed by atoms with Gasteiger partial charge < -0.3 is 4.90 Å². The summed E-state index contributed by atoms with van der Waals surface area (Å²) in [7, 11) is 0. The monoisotopic (exact) mass is 261 g/mol. The van der Waals surface area contributed by atoms with Gasteiger partial charge in [0.15, 0.2) is 0 Å². The van der Waals surface area contributed by atoms with Crippen molar-refractivity contribution in [2.24, 2.45) is 0 Å². The van der Waals surface area contributed by atoms with Crippen LogP contribution in [0.2, 0.25) is 0 Å². The lowest BCUT2D eigenvalue weighted by Crippen LogP contribution is -2.31. The molecular weight excluding hydrogens is 234 g/mol. The van der Waals surface area contributed by atoms with Gasteiger partial charge in [-0.1, -0.05) is 57.7 Å². The third-order valence-electron chi connectivity index (χ3n) is 3.41. The minimum atomic E-state index is 0.192. The Morgan fingerprint density at radius 1 is 0.947 bits per heavy atom. The Bertz CT molecular complexity index is 338. The summed E-state index contributed by atoms with van der Waals surface area (Å²) in [5.74, 6) is 0.192. The largest absolute Gasteiger partial charge is 0.339 e. The minimum Gasteiger partial charge on any atom is -0.339 e. The number of carbonyl (C=O) groups excluding carboxylic acids is 1. The van der Waals surface area contributed by atoms with Crippen LogP contribution in [0.4, 0.5) is 0 Å². The van der Waals surface area contributed by atoms with E-state index in [9.17, 15) is 4.79 Å². The summed E-state index contributed by atoms with van der Waals surface area (Å²) in [5, 5.41) is 0. The smallest absolute Gasteiger partial charge is 0.253 e. The molecule has 0 saturated carbocycles. The van der Waals surface area contributed by atoms with Gasteiger partial charge in [0.1, 0.15) is 0 Å². The molecule has 1 aliphatic rings. The van der Waals surface area contributed by atoms with Gasteiger partial charge in [-0.15, -0.1) is 0 Å². The summed E-state index contributed by atoms with van der Waals surface area (Å²) in [6.45, 7) is 6.21. The molecule has 2 nitrogen and oxygen atoms in total. The first-order valence-corrected chi connectivity index (χ1v) is 7.64. The molecular formula is C17H27NO. The van der Waals surface area contributed by atoms with Crippen molar-refractivity contribution in [1.29, 1.82) is 0 Å². The maximum atomic E-state index is 12.1. The zero-order chi connectivity index (χ0) is 13.9. The molecule has 106 valence electrons. The Morgan fingerprint density at radius 2 is 1.47 bits per heavy atom. The van der Waals surface area contributed by atoms with Crippen LogP contribution in [0.5, 0.6) is 0 Å². The number of rotatable bonds is 2. The summed E-state index contributed by atoms with van der Waals surface area (Å²) < 4.78 is 0. The SMILES string of the molecule is CCCC.O=C(c1ccccc1)N1CCCCCC1. The number of hydrogen-bond acceptors (Lipinski definition) is 1. The molecule has 0 bridgehead atoms. The number of carbonyl (C=O) groups is 1. The molecule has 1 heterocycles. The van der Waals surface area contributed by atoms with Gasteiger partial charge >= 0.3 is 0 Å². The Labute approximate surface area is 117 Å². The summed E-state index contributed by atoms with van der Waals surface area (Å²) in [5.41, 5.74) is 0.819. The molecule has 19 heavy (non-hydrogen) atoms. The average Bonchev–Trinajstić information content (AvgIpc) is 2.77. The topological polar surface area (TPSA) is 20.3 Å². The molecule has 1 amide bonds. The predicted octanol–water partition coefficient (Wildman–Crippen LogP) is 4.51. The second-order valence-electron chi connectivity index (χ2n) is 5.07. The molecule has 1 aromatic carbocycles. The molecule has 1 aliphatic heterocycles. The van der Waals surface area contributed by atoms with Gasteiger partial charge in [0.25, 0.3) is 5.91 Å². The quantitative estimate of drug-likeness (QED) is 0.767. The van der Waals surface area contributed by atoms with Crippen LogP contribution >= 0.6 is 0 Å². The molecule has 2 rings (SSSR count). The fourth-order valence-corrected chi connectivity index (χ4v) is 2.04. The lowest BCUT2D eigenvalue weighted by atomic mass is 10.2. The van der Waals surface area contributed by atoms with E-state index in [0.717, 1.165) is 31.5 Å². The average molecular weight is 261 g/mol. The number of amides is 1. The maximum Gasteiger partial charge on any atom is 0.253 e. The number of nitrogens with zero attached hydrogens (tertiary/aromatic N) is 1. The van der Waals surface area contributed by atoms with Crippen LogP contribution < -0.4 is 0 Å². The fraction of sp³-hybridized carbons (Fsp3) is 0.588. The fourth-order valence-electron chi connectivity index (χ4n) is 2.04. The highest BCUT2D eigenvalue weighted by Gasteiger charge is 2.16. The van der Waals surface area contributed by atoms with Gasteiger partial charge in [0.05, 0.1) is 0 Å². The van der Waals surface area contributed by atoms with Crippen molar-refractivity contribution >= 4 is 5.91 Å². The van der Waals surface area contributed by atoms with Gasteiger partial charge in [-0.3, -0.25) is 4.79 Å². The molecule has 0 atom stereocenters. The van der Waals surface area contributed by atoms with Gasteiger partial charge in [0, 0.05) is 18.7 Å². The lowest BCUT2D eigenvalue weighted by Gasteiger charge is -2.20. The van der Waals surface area contributed by atoms with E-state index in [1.807, 2.05) is 35.2 Å². The summed E-state index contributed by atoms with van der Waals surface area (Å²) in [6.07, 6.45) is 7.47. The van der Waals surface area contributed by atoms with Crippen molar-refractivity contribution in [2.75, 3.05) is 13.1 Å². The van der Waals surface area contributed by atoms with Gasteiger partial charge in [-0.2, -0.15) is 0 Å². The Morgan fingerprint density at radius 3 is 1.95 bits per heavy atom. The highest BCUT2D eigenvalue weighted by molar-refractivity contribution is 5.94. The first-order chi connectivity index (χ1) is 9.29. The molecule has 0 radical (unpaired) electrons. The molecule has 2 heteroatoms. The molecule has 0 aliphatic carbocycles. The molecule has 0 N–H and O–H groups in total. The van der Waals surface area contributed by atoms with Crippen LogP contribution in [0.15, 0.2) is 30.3 Å². The molecule has 0 spiro atoms. The first-order valence-electron chi connectivity index (χ1n) is 7.64. The van der Waals surface area contributed by atoms with E-state index in [-0.39, 0.29) is 5.91 Å². The Kier molecular flexibility index (Phi) is 7.95. The van der Waals surface area contributed by atoms with Crippen LogP contribution in [0.3, 0.4) is 0 Å². The number of hydrogen-bond donors (Lipinski definition) is 0. The molecule has 0 aromatic heterocycles. The van der Waals surface area contributed by atoms with Crippen LogP contribution in [-0.4, -0.2) is 23.9 Å². The number of likely N-dealkylation sites (tertiary alicyclic amines) is 1. The summed E-state index contributed by atoms with van der Waals surface area (Å²) in [6, 6.07) is 9.58. The van der Waals surface area contributed by atoms with Crippen LogP contribution in [0.1, 0.15) is 62.7 Å². The second-order valence-corrected chi connectivity index (χ2v) is 5.07.